The van der Waals surface area contributed by atoms with Crippen LogP contribution >= 0.6 is 11.6 Å². The van der Waals surface area contributed by atoms with Crippen molar-refractivity contribution in [3.8, 4) is 5.75 Å². The molecule has 2 amide bonds. The number of hydrogen-bond donors (Lipinski definition) is 0. The number of ether oxygens (including phenoxy) is 1. The van der Waals surface area contributed by atoms with Gasteiger partial charge in [0.05, 0.1) is 0 Å². The van der Waals surface area contributed by atoms with Gasteiger partial charge in [-0.15, -0.1) is 0 Å². The van der Waals surface area contributed by atoms with Crippen molar-refractivity contribution in [2.45, 2.75) is 19.4 Å². The molecule has 114 valence electrons. The van der Waals surface area contributed by atoms with E-state index in [4.69, 9.17) is 16.3 Å². The summed E-state index contributed by atoms with van der Waals surface area (Å²) in [5.74, 6) is 0.553. The summed E-state index contributed by atoms with van der Waals surface area (Å²) in [7, 11) is 0. The van der Waals surface area contributed by atoms with Crippen LogP contribution in [0.3, 0.4) is 0 Å². The number of carbonyl (C=O) groups excluding carboxylic acids is 2. The van der Waals surface area contributed by atoms with E-state index < -0.39 is 6.10 Å². The minimum atomic E-state index is -0.522. The van der Waals surface area contributed by atoms with E-state index in [1.54, 1.807) is 34.1 Å². The normalized spacial score (nSPS) is 16.5. The monoisotopic (exact) mass is 310 g/mol. The molecule has 21 heavy (non-hydrogen) atoms. The van der Waals surface area contributed by atoms with Crippen LogP contribution in [-0.4, -0.2) is 54.4 Å². The molecule has 1 aromatic carbocycles. The van der Waals surface area contributed by atoms with Crippen molar-refractivity contribution in [1.82, 2.24) is 9.80 Å². The van der Waals surface area contributed by atoms with Crippen molar-refractivity contribution < 1.29 is 14.3 Å². The quantitative estimate of drug-likeness (QED) is 0.779. The highest BCUT2D eigenvalue weighted by atomic mass is 35.5. The summed E-state index contributed by atoms with van der Waals surface area (Å²) < 4.78 is 5.75. The lowest BCUT2D eigenvalue weighted by Gasteiger charge is -2.34. The fraction of sp³-hybridized carbons (Fsp3) is 0.467. The first-order valence-corrected chi connectivity index (χ1v) is 7.42. The van der Waals surface area contributed by atoms with E-state index in [-0.39, 0.29) is 5.91 Å². The lowest BCUT2D eigenvalue weighted by molar-refractivity contribution is -0.142. The Bertz CT molecular complexity index is 501. The minimum absolute atomic E-state index is 0.0389. The molecule has 1 aliphatic rings. The highest BCUT2D eigenvalue weighted by Crippen LogP contribution is 2.20. The third-order valence-corrected chi connectivity index (χ3v) is 3.73. The number of carbonyl (C=O) groups is 2. The SMILES string of the molecule is CCC(Oc1cccc(Cl)c1)C(=O)N1CCN(C=O)CC1. The molecule has 1 aliphatic heterocycles. The van der Waals surface area contributed by atoms with E-state index in [9.17, 15) is 9.59 Å². The molecule has 2 rings (SSSR count). The largest absolute Gasteiger partial charge is 0.481 e. The van der Waals surface area contributed by atoms with Crippen LogP contribution in [0.5, 0.6) is 5.75 Å². The third-order valence-electron chi connectivity index (χ3n) is 3.50. The second-order valence-corrected chi connectivity index (χ2v) is 5.38. The maximum atomic E-state index is 12.5. The Morgan fingerprint density at radius 1 is 1.38 bits per heavy atom. The Balaban J connectivity index is 1.97. The van der Waals surface area contributed by atoms with Crippen LogP contribution in [0.1, 0.15) is 13.3 Å². The van der Waals surface area contributed by atoms with Crippen LogP contribution < -0.4 is 4.74 Å². The number of hydrogen-bond acceptors (Lipinski definition) is 3. The first kappa shape index (κ1) is 15.6. The van der Waals surface area contributed by atoms with Crippen molar-refractivity contribution in [1.29, 1.82) is 0 Å². The predicted octanol–water partition coefficient (Wildman–Crippen LogP) is 1.80. The molecule has 0 aromatic heterocycles. The molecular formula is C15H19ClN2O3. The number of halogens is 1. The molecular weight excluding hydrogens is 292 g/mol. The molecule has 6 heteroatoms. The van der Waals surface area contributed by atoms with E-state index in [1.807, 2.05) is 6.92 Å². The van der Waals surface area contributed by atoms with Gasteiger partial charge < -0.3 is 14.5 Å². The Morgan fingerprint density at radius 2 is 2.10 bits per heavy atom. The third kappa shape index (κ3) is 4.11. The zero-order valence-corrected chi connectivity index (χ0v) is 12.8. The topological polar surface area (TPSA) is 49.9 Å². The minimum Gasteiger partial charge on any atom is -0.481 e. The summed E-state index contributed by atoms with van der Waals surface area (Å²) in [6, 6.07) is 7.03. The Morgan fingerprint density at radius 3 is 2.67 bits per heavy atom. The summed E-state index contributed by atoms with van der Waals surface area (Å²) in [5.41, 5.74) is 0. The number of piperazine rings is 1. The zero-order valence-electron chi connectivity index (χ0n) is 12.0. The summed E-state index contributed by atoms with van der Waals surface area (Å²) in [6.45, 7) is 4.15. The van der Waals surface area contributed by atoms with Gasteiger partial charge in [-0.05, 0) is 24.6 Å². The van der Waals surface area contributed by atoms with Crippen molar-refractivity contribution in [2.24, 2.45) is 0 Å². The standard InChI is InChI=1S/C15H19ClN2O3/c1-2-14(21-13-5-3-4-12(16)10-13)15(20)18-8-6-17(11-19)7-9-18/h3-5,10-11,14H,2,6-9H2,1H3. The van der Waals surface area contributed by atoms with E-state index in [0.717, 1.165) is 6.41 Å². The fourth-order valence-corrected chi connectivity index (χ4v) is 2.44. The second-order valence-electron chi connectivity index (χ2n) is 4.94. The molecule has 0 bridgehead atoms. The fourth-order valence-electron chi connectivity index (χ4n) is 2.26. The average Bonchev–Trinajstić information content (AvgIpc) is 2.52. The first-order chi connectivity index (χ1) is 10.1. The van der Waals surface area contributed by atoms with Crippen LogP contribution in [0.4, 0.5) is 0 Å². The first-order valence-electron chi connectivity index (χ1n) is 7.04. The molecule has 0 spiro atoms. The van der Waals surface area contributed by atoms with Crippen LogP contribution in [0.2, 0.25) is 5.02 Å². The summed E-state index contributed by atoms with van der Waals surface area (Å²) in [5, 5.41) is 0.578. The molecule has 0 saturated carbocycles. The summed E-state index contributed by atoms with van der Waals surface area (Å²) in [4.78, 5) is 26.6. The zero-order chi connectivity index (χ0) is 15.2. The number of nitrogens with zero attached hydrogens (tertiary/aromatic N) is 2. The van der Waals surface area contributed by atoms with Gasteiger partial charge in [-0.25, -0.2) is 0 Å². The van der Waals surface area contributed by atoms with Crippen LogP contribution in [0.15, 0.2) is 24.3 Å². The smallest absolute Gasteiger partial charge is 0.263 e. The predicted molar refractivity (Wildman–Crippen MR) is 80.4 cm³/mol. The molecule has 1 saturated heterocycles. The van der Waals surface area contributed by atoms with E-state index in [0.29, 0.717) is 43.4 Å². The highest BCUT2D eigenvalue weighted by Gasteiger charge is 2.27. The van der Waals surface area contributed by atoms with E-state index >= 15 is 0 Å². The van der Waals surface area contributed by atoms with Gasteiger partial charge in [0, 0.05) is 31.2 Å². The molecule has 1 unspecified atom stereocenters. The van der Waals surface area contributed by atoms with Crippen LogP contribution in [-0.2, 0) is 9.59 Å². The van der Waals surface area contributed by atoms with Gasteiger partial charge in [-0.2, -0.15) is 0 Å². The summed E-state index contributed by atoms with van der Waals surface area (Å²) >= 11 is 5.92. The Kier molecular flexibility index (Phi) is 5.44. The molecule has 0 radical (unpaired) electrons. The van der Waals surface area contributed by atoms with Crippen molar-refractivity contribution in [3.63, 3.8) is 0 Å². The van der Waals surface area contributed by atoms with Crippen LogP contribution in [0.25, 0.3) is 0 Å². The number of benzene rings is 1. The summed E-state index contributed by atoms with van der Waals surface area (Å²) in [6.07, 6.45) is 0.882. The molecule has 0 aliphatic carbocycles. The maximum absolute atomic E-state index is 12.5. The lowest BCUT2D eigenvalue weighted by Crippen LogP contribution is -2.51. The molecule has 1 aromatic rings. The van der Waals surface area contributed by atoms with Gasteiger partial charge in [0.1, 0.15) is 5.75 Å². The highest BCUT2D eigenvalue weighted by molar-refractivity contribution is 6.30. The molecule has 1 fully saturated rings. The number of amides is 2. The van der Waals surface area contributed by atoms with Gasteiger partial charge in [0.15, 0.2) is 6.10 Å². The molecule has 5 nitrogen and oxygen atoms in total. The van der Waals surface area contributed by atoms with Crippen LogP contribution in [0, 0.1) is 0 Å². The lowest BCUT2D eigenvalue weighted by atomic mass is 10.2. The van der Waals surface area contributed by atoms with Crippen molar-refractivity contribution in [3.05, 3.63) is 29.3 Å². The van der Waals surface area contributed by atoms with Gasteiger partial charge in [-0.3, -0.25) is 9.59 Å². The van der Waals surface area contributed by atoms with Gasteiger partial charge >= 0.3 is 0 Å². The van der Waals surface area contributed by atoms with E-state index in [2.05, 4.69) is 0 Å². The Labute approximate surface area is 129 Å². The van der Waals surface area contributed by atoms with Gasteiger partial charge in [-0.1, -0.05) is 24.6 Å². The molecule has 0 N–H and O–H groups in total. The van der Waals surface area contributed by atoms with Gasteiger partial charge in [0.25, 0.3) is 5.91 Å². The van der Waals surface area contributed by atoms with Crippen molar-refractivity contribution in [2.75, 3.05) is 26.2 Å². The maximum Gasteiger partial charge on any atom is 0.263 e. The molecule has 1 heterocycles. The Hall–Kier alpha value is -1.75. The number of rotatable bonds is 5. The second kappa shape index (κ2) is 7.31. The average molecular weight is 311 g/mol. The van der Waals surface area contributed by atoms with Gasteiger partial charge in [0.2, 0.25) is 6.41 Å². The molecule has 1 atom stereocenters. The van der Waals surface area contributed by atoms with Crippen molar-refractivity contribution >= 4 is 23.9 Å². The van der Waals surface area contributed by atoms with E-state index in [1.165, 1.54) is 0 Å².